The van der Waals surface area contributed by atoms with Crippen LogP contribution in [0.1, 0.15) is 42.4 Å². The van der Waals surface area contributed by atoms with E-state index in [0.29, 0.717) is 11.1 Å². The molecule has 0 saturated heterocycles. The van der Waals surface area contributed by atoms with E-state index in [9.17, 15) is 0 Å². The molecule has 0 fully saturated rings. The largest absolute Gasteiger partial charge is 0.294 e. The minimum Gasteiger partial charge on any atom is -0.294 e. The van der Waals surface area contributed by atoms with Gasteiger partial charge in [0.25, 0.3) is 0 Å². The second kappa shape index (κ2) is 6.08. The Kier molecular flexibility index (Phi) is 4.17. The molecule has 0 N–H and O–H groups in total. The molecular weight excluding hydrogens is 284 g/mol. The maximum atomic E-state index is 5.82. The van der Waals surface area contributed by atoms with Crippen LogP contribution in [-0.4, -0.2) is 26.4 Å². The zero-order chi connectivity index (χ0) is 14.8. The number of halogens is 1. The van der Waals surface area contributed by atoms with Gasteiger partial charge >= 0.3 is 0 Å². The lowest BCUT2D eigenvalue weighted by Gasteiger charge is -2.28. The van der Waals surface area contributed by atoms with Crippen molar-refractivity contribution in [3.8, 4) is 0 Å². The van der Waals surface area contributed by atoms with E-state index in [2.05, 4.69) is 28.7 Å². The van der Waals surface area contributed by atoms with Crippen LogP contribution < -0.4 is 0 Å². The third-order valence-electron chi connectivity index (χ3n) is 3.74. The standard InChI is InChI=1S/C16H19ClN4/c1-11(2)16-19-8-13-10-21(6-5-14(13)20-16)9-12-3-4-15(17)18-7-12/h3-4,7-8,11H,5-6,9-10H2,1-2H3. The van der Waals surface area contributed by atoms with E-state index < -0.39 is 0 Å². The summed E-state index contributed by atoms with van der Waals surface area (Å²) in [6.45, 7) is 7.06. The summed E-state index contributed by atoms with van der Waals surface area (Å²) >= 11 is 5.82. The Balaban J connectivity index is 1.71. The third-order valence-corrected chi connectivity index (χ3v) is 3.97. The molecule has 0 aromatic carbocycles. The van der Waals surface area contributed by atoms with Crippen LogP contribution in [0.25, 0.3) is 0 Å². The molecular formula is C16H19ClN4. The van der Waals surface area contributed by atoms with E-state index in [1.807, 2.05) is 24.5 Å². The van der Waals surface area contributed by atoms with Crippen LogP contribution in [0.2, 0.25) is 5.15 Å². The van der Waals surface area contributed by atoms with Crippen LogP contribution in [0.4, 0.5) is 0 Å². The van der Waals surface area contributed by atoms with Crippen LogP contribution in [0, 0.1) is 0 Å². The van der Waals surface area contributed by atoms with Gasteiger partial charge in [-0.1, -0.05) is 31.5 Å². The summed E-state index contributed by atoms with van der Waals surface area (Å²) in [5, 5.41) is 0.539. The highest BCUT2D eigenvalue weighted by atomic mass is 35.5. The molecule has 2 aromatic rings. The molecule has 0 atom stereocenters. The Morgan fingerprint density at radius 3 is 2.81 bits per heavy atom. The van der Waals surface area contributed by atoms with Gasteiger partial charge in [0.05, 0.1) is 0 Å². The van der Waals surface area contributed by atoms with E-state index in [1.54, 1.807) is 0 Å². The quantitative estimate of drug-likeness (QED) is 0.817. The summed E-state index contributed by atoms with van der Waals surface area (Å²) in [5.74, 6) is 1.33. The number of nitrogens with zero attached hydrogens (tertiary/aromatic N) is 4. The van der Waals surface area contributed by atoms with Crippen molar-refractivity contribution in [1.29, 1.82) is 0 Å². The van der Waals surface area contributed by atoms with Crippen LogP contribution in [0.15, 0.2) is 24.5 Å². The SMILES string of the molecule is CC(C)c1ncc2c(n1)CCN(Cc1ccc(Cl)nc1)C2. The van der Waals surface area contributed by atoms with Gasteiger partial charge in [0.2, 0.25) is 0 Å². The highest BCUT2D eigenvalue weighted by Crippen LogP contribution is 2.20. The Morgan fingerprint density at radius 1 is 1.24 bits per heavy atom. The number of aromatic nitrogens is 3. The molecule has 5 heteroatoms. The van der Waals surface area contributed by atoms with E-state index in [0.717, 1.165) is 31.9 Å². The maximum absolute atomic E-state index is 5.82. The second-order valence-corrected chi connectivity index (χ2v) is 6.19. The van der Waals surface area contributed by atoms with Gasteiger partial charge < -0.3 is 0 Å². The monoisotopic (exact) mass is 302 g/mol. The normalized spacial score (nSPS) is 15.2. The number of hydrogen-bond acceptors (Lipinski definition) is 4. The van der Waals surface area contributed by atoms with Crippen LogP contribution in [0.3, 0.4) is 0 Å². The maximum Gasteiger partial charge on any atom is 0.131 e. The summed E-state index contributed by atoms with van der Waals surface area (Å²) in [6, 6.07) is 3.87. The minimum absolute atomic E-state index is 0.383. The van der Waals surface area contributed by atoms with Crippen molar-refractivity contribution >= 4 is 11.6 Å². The Bertz CT molecular complexity index is 625. The minimum atomic E-state index is 0.383. The lowest BCUT2D eigenvalue weighted by Crippen LogP contribution is -2.31. The molecule has 3 rings (SSSR count). The number of pyridine rings is 1. The van der Waals surface area contributed by atoms with Gasteiger partial charge in [-0.05, 0) is 11.6 Å². The van der Waals surface area contributed by atoms with Gasteiger partial charge in [0.1, 0.15) is 11.0 Å². The predicted molar refractivity (Wildman–Crippen MR) is 83.2 cm³/mol. The predicted octanol–water partition coefficient (Wildman–Crippen LogP) is 3.21. The molecule has 0 spiro atoms. The molecule has 0 unspecified atom stereocenters. The fourth-order valence-electron chi connectivity index (χ4n) is 2.56. The number of fused-ring (bicyclic) bond motifs is 1. The first kappa shape index (κ1) is 14.4. The molecule has 1 aliphatic rings. The molecule has 21 heavy (non-hydrogen) atoms. The molecule has 110 valence electrons. The zero-order valence-corrected chi connectivity index (χ0v) is 13.1. The van der Waals surface area contributed by atoms with Gasteiger partial charge in [-0.2, -0.15) is 0 Å². The Hall–Kier alpha value is -1.52. The van der Waals surface area contributed by atoms with Crippen molar-refractivity contribution in [2.24, 2.45) is 0 Å². The number of rotatable bonds is 3. The summed E-state index contributed by atoms with van der Waals surface area (Å²) in [7, 11) is 0. The molecule has 0 bridgehead atoms. The first-order valence-electron chi connectivity index (χ1n) is 7.29. The van der Waals surface area contributed by atoms with Gasteiger partial charge in [-0.25, -0.2) is 15.0 Å². The van der Waals surface area contributed by atoms with Gasteiger partial charge in [-0.3, -0.25) is 4.90 Å². The van der Waals surface area contributed by atoms with Crippen molar-refractivity contribution in [3.05, 3.63) is 52.3 Å². The fourth-order valence-corrected chi connectivity index (χ4v) is 2.67. The van der Waals surface area contributed by atoms with Crippen molar-refractivity contribution in [1.82, 2.24) is 19.9 Å². The molecule has 0 saturated carbocycles. The summed E-state index contributed by atoms with van der Waals surface area (Å²) in [5.41, 5.74) is 3.63. The van der Waals surface area contributed by atoms with E-state index in [-0.39, 0.29) is 0 Å². The zero-order valence-electron chi connectivity index (χ0n) is 12.4. The van der Waals surface area contributed by atoms with Crippen LogP contribution in [0.5, 0.6) is 0 Å². The molecule has 2 aromatic heterocycles. The van der Waals surface area contributed by atoms with Crippen LogP contribution >= 0.6 is 11.6 Å². The molecule has 0 radical (unpaired) electrons. The van der Waals surface area contributed by atoms with E-state index in [1.165, 1.54) is 16.8 Å². The number of hydrogen-bond donors (Lipinski definition) is 0. The molecule has 0 amide bonds. The second-order valence-electron chi connectivity index (χ2n) is 5.80. The van der Waals surface area contributed by atoms with Crippen molar-refractivity contribution in [3.63, 3.8) is 0 Å². The Labute approximate surface area is 130 Å². The topological polar surface area (TPSA) is 41.9 Å². The Morgan fingerprint density at radius 2 is 2.10 bits per heavy atom. The highest BCUT2D eigenvalue weighted by molar-refractivity contribution is 6.29. The average Bonchev–Trinajstić information content (AvgIpc) is 2.49. The first-order valence-corrected chi connectivity index (χ1v) is 7.67. The molecule has 4 nitrogen and oxygen atoms in total. The average molecular weight is 303 g/mol. The molecule has 1 aliphatic heterocycles. The van der Waals surface area contributed by atoms with Gasteiger partial charge in [0.15, 0.2) is 0 Å². The summed E-state index contributed by atoms with van der Waals surface area (Å²) in [4.78, 5) is 15.7. The summed E-state index contributed by atoms with van der Waals surface area (Å²) in [6.07, 6.45) is 4.82. The van der Waals surface area contributed by atoms with E-state index >= 15 is 0 Å². The summed E-state index contributed by atoms with van der Waals surface area (Å²) < 4.78 is 0. The first-order chi connectivity index (χ1) is 10.1. The van der Waals surface area contributed by atoms with Crippen molar-refractivity contribution in [2.45, 2.75) is 39.3 Å². The van der Waals surface area contributed by atoms with Gasteiger partial charge in [-0.15, -0.1) is 0 Å². The molecule has 0 aliphatic carbocycles. The van der Waals surface area contributed by atoms with Crippen molar-refractivity contribution in [2.75, 3.05) is 6.54 Å². The molecule has 3 heterocycles. The lowest BCUT2D eigenvalue weighted by molar-refractivity contribution is 0.242. The third kappa shape index (κ3) is 3.39. The van der Waals surface area contributed by atoms with Crippen LogP contribution in [-0.2, 0) is 19.5 Å². The fraction of sp³-hybridized carbons (Fsp3) is 0.438. The van der Waals surface area contributed by atoms with E-state index in [4.69, 9.17) is 16.6 Å². The lowest BCUT2D eigenvalue weighted by atomic mass is 10.1. The smallest absolute Gasteiger partial charge is 0.131 e. The van der Waals surface area contributed by atoms with Gasteiger partial charge in [0, 0.05) is 55.6 Å². The highest BCUT2D eigenvalue weighted by Gasteiger charge is 2.19. The van der Waals surface area contributed by atoms with Crippen molar-refractivity contribution < 1.29 is 0 Å².